The van der Waals surface area contributed by atoms with Gasteiger partial charge in [-0.15, -0.1) is 0 Å². The first kappa shape index (κ1) is 27.2. The molecule has 44 heavy (non-hydrogen) atoms. The number of rotatable bonds is 4. The third kappa shape index (κ3) is 4.35. The highest BCUT2D eigenvalue weighted by Crippen LogP contribution is 2.57. The third-order valence-corrected chi connectivity index (χ3v) is 10.3. The Labute approximate surface area is 256 Å². The summed E-state index contributed by atoms with van der Waals surface area (Å²) in [5.74, 6) is -0.121. The number of nitrogens with one attached hydrogen (secondary N) is 3. The number of fused-ring (bicyclic) bond motifs is 6. The van der Waals surface area contributed by atoms with E-state index >= 15 is 0 Å². The van der Waals surface area contributed by atoms with Gasteiger partial charge in [0.05, 0.1) is 17.8 Å². The highest BCUT2D eigenvalue weighted by molar-refractivity contribution is 5.98. The zero-order valence-corrected chi connectivity index (χ0v) is 24.7. The standard InChI is InChI=1S/C34H37N7O3/c1-21(22-7-3-2-4-8-22)40-20-27-25(11-12-30-26(27)18-35-38-30)28-17-34(28,31(40)42)37-33(44)39-15-13-24(14-16-39)41-19-23-9-5-6-10-29(23)36-32(41)43/h2-12,18,21,24,28,32,36,43H,13-17,19-20H2,1H3,(H,35,38)(H,37,44)/t21-,28?,32?,34-/m1/s1. The van der Waals surface area contributed by atoms with E-state index in [0.29, 0.717) is 32.6 Å². The Bertz CT molecular complexity index is 1730. The van der Waals surface area contributed by atoms with Crippen LogP contribution < -0.4 is 10.6 Å². The number of anilines is 1. The quantitative estimate of drug-likeness (QED) is 0.282. The predicted octanol–water partition coefficient (Wildman–Crippen LogP) is 4.27. The Kier molecular flexibility index (Phi) is 6.39. The molecule has 0 bridgehead atoms. The molecule has 1 aromatic heterocycles. The fourth-order valence-electron chi connectivity index (χ4n) is 7.69. The molecule has 10 nitrogen and oxygen atoms in total. The molecule has 4 aromatic rings. The minimum atomic E-state index is -0.976. The first-order valence-corrected chi connectivity index (χ1v) is 15.6. The molecule has 2 unspecified atom stereocenters. The number of carbonyl (C=O) groups is 2. The highest BCUT2D eigenvalue weighted by atomic mass is 16.3. The highest BCUT2D eigenvalue weighted by Gasteiger charge is 2.65. The summed E-state index contributed by atoms with van der Waals surface area (Å²) >= 11 is 0. The van der Waals surface area contributed by atoms with E-state index in [0.717, 1.165) is 51.7 Å². The van der Waals surface area contributed by atoms with Crippen molar-refractivity contribution in [1.29, 1.82) is 0 Å². The lowest BCUT2D eigenvalue weighted by Crippen LogP contribution is -2.58. The maximum Gasteiger partial charge on any atom is 0.318 e. The molecule has 3 aliphatic heterocycles. The molecule has 4 N–H and O–H groups in total. The van der Waals surface area contributed by atoms with Crippen LogP contribution in [-0.2, 0) is 17.9 Å². The van der Waals surface area contributed by atoms with Crippen molar-refractivity contribution in [2.24, 2.45) is 0 Å². The molecule has 3 aromatic carbocycles. The summed E-state index contributed by atoms with van der Waals surface area (Å²) in [6.45, 7) is 4.31. The van der Waals surface area contributed by atoms with E-state index in [-0.39, 0.29) is 29.9 Å². The van der Waals surface area contributed by atoms with Gasteiger partial charge in [-0.3, -0.25) is 14.8 Å². The number of hydrogen-bond donors (Lipinski definition) is 4. The van der Waals surface area contributed by atoms with Gasteiger partial charge in [0.25, 0.3) is 0 Å². The normalized spacial score (nSPS) is 25.8. The van der Waals surface area contributed by atoms with E-state index in [2.05, 4.69) is 56.9 Å². The summed E-state index contributed by atoms with van der Waals surface area (Å²) in [7, 11) is 0. The first-order valence-electron chi connectivity index (χ1n) is 15.6. The average molecular weight is 592 g/mol. The van der Waals surface area contributed by atoms with Gasteiger partial charge in [-0.1, -0.05) is 54.6 Å². The summed E-state index contributed by atoms with van der Waals surface area (Å²) in [6, 6.07) is 22.0. The third-order valence-electron chi connectivity index (χ3n) is 10.3. The topological polar surface area (TPSA) is 117 Å². The van der Waals surface area contributed by atoms with Crippen LogP contribution in [0.2, 0.25) is 0 Å². The van der Waals surface area contributed by atoms with E-state index in [4.69, 9.17) is 0 Å². The number of para-hydroxylation sites is 1. The monoisotopic (exact) mass is 591 g/mol. The molecule has 4 heterocycles. The van der Waals surface area contributed by atoms with Crippen molar-refractivity contribution in [1.82, 2.24) is 30.2 Å². The smallest absolute Gasteiger partial charge is 0.318 e. The van der Waals surface area contributed by atoms with Gasteiger partial charge in [-0.25, -0.2) is 4.79 Å². The second kappa shape index (κ2) is 10.3. The Hall–Kier alpha value is -4.41. The van der Waals surface area contributed by atoms with Crippen molar-refractivity contribution in [2.75, 3.05) is 18.4 Å². The SMILES string of the molecule is C[C@H](c1ccccc1)N1Cc2c(ccc3[nH]ncc23)C2C[C@]2(NC(=O)N2CCC(N3Cc4ccccc4NC3O)CC2)C1=O. The summed E-state index contributed by atoms with van der Waals surface area (Å²) < 4.78 is 0. The van der Waals surface area contributed by atoms with Gasteiger partial charge in [-0.2, -0.15) is 5.10 Å². The van der Waals surface area contributed by atoms with Crippen LogP contribution in [0.15, 0.2) is 72.9 Å². The number of likely N-dealkylation sites (tertiary alicyclic amines) is 1. The van der Waals surface area contributed by atoms with Gasteiger partial charge in [0.2, 0.25) is 5.91 Å². The fourth-order valence-corrected chi connectivity index (χ4v) is 7.69. The number of piperidine rings is 1. The molecule has 8 rings (SSSR count). The number of aliphatic hydroxyl groups is 1. The van der Waals surface area contributed by atoms with Crippen LogP contribution in [0.25, 0.3) is 10.9 Å². The number of H-pyrrole nitrogens is 1. The number of aromatic nitrogens is 2. The molecule has 1 saturated carbocycles. The van der Waals surface area contributed by atoms with Crippen LogP contribution in [0, 0.1) is 0 Å². The summed E-state index contributed by atoms with van der Waals surface area (Å²) in [5.41, 5.74) is 5.36. The molecule has 1 saturated heterocycles. The van der Waals surface area contributed by atoms with E-state index < -0.39 is 11.9 Å². The molecule has 0 radical (unpaired) electrons. The minimum Gasteiger partial charge on any atom is -0.361 e. The molecule has 0 spiro atoms. The number of hydrogen-bond acceptors (Lipinski definition) is 6. The lowest BCUT2D eigenvalue weighted by molar-refractivity contribution is -0.137. The summed E-state index contributed by atoms with van der Waals surface area (Å²) in [5, 5.41) is 25.6. The molecular weight excluding hydrogens is 554 g/mol. The summed E-state index contributed by atoms with van der Waals surface area (Å²) in [4.78, 5) is 34.2. The van der Waals surface area contributed by atoms with Crippen molar-refractivity contribution in [3.8, 4) is 0 Å². The van der Waals surface area contributed by atoms with Gasteiger partial charge in [0.15, 0.2) is 6.35 Å². The number of benzene rings is 3. The lowest BCUT2D eigenvalue weighted by atomic mass is 9.98. The van der Waals surface area contributed by atoms with E-state index in [1.54, 1.807) is 0 Å². The first-order chi connectivity index (χ1) is 21.4. The maximum atomic E-state index is 14.5. The van der Waals surface area contributed by atoms with Crippen molar-refractivity contribution in [3.05, 3.63) is 95.2 Å². The second-order valence-corrected chi connectivity index (χ2v) is 12.7. The lowest BCUT2D eigenvalue weighted by Gasteiger charge is -2.43. The zero-order chi connectivity index (χ0) is 30.0. The van der Waals surface area contributed by atoms with Crippen LogP contribution in [0.1, 0.15) is 60.4 Å². The molecular formula is C34H37N7O3. The van der Waals surface area contributed by atoms with Gasteiger partial charge in [-0.05, 0) is 60.6 Å². The number of aromatic amines is 1. The number of nitrogens with zero attached hydrogens (tertiary/aromatic N) is 4. The van der Waals surface area contributed by atoms with Crippen LogP contribution in [-0.4, -0.2) is 73.0 Å². The molecule has 2 fully saturated rings. The number of urea groups is 1. The molecule has 4 aliphatic rings. The number of aliphatic hydroxyl groups excluding tert-OH is 1. The van der Waals surface area contributed by atoms with Gasteiger partial charge in [0, 0.05) is 49.2 Å². The van der Waals surface area contributed by atoms with Gasteiger partial charge < -0.3 is 25.5 Å². The van der Waals surface area contributed by atoms with E-state index in [1.165, 1.54) is 0 Å². The van der Waals surface area contributed by atoms with E-state index in [9.17, 15) is 14.7 Å². The van der Waals surface area contributed by atoms with Gasteiger partial charge in [0.1, 0.15) is 5.54 Å². The zero-order valence-electron chi connectivity index (χ0n) is 24.7. The molecule has 4 atom stereocenters. The van der Waals surface area contributed by atoms with Crippen molar-refractivity contribution < 1.29 is 14.7 Å². The minimum absolute atomic E-state index is 0.0314. The summed E-state index contributed by atoms with van der Waals surface area (Å²) in [6.07, 6.45) is 3.15. The molecule has 3 amide bonds. The van der Waals surface area contributed by atoms with E-state index in [1.807, 2.05) is 58.5 Å². The average Bonchev–Trinajstić information content (AvgIpc) is 3.59. The maximum absolute atomic E-state index is 14.5. The second-order valence-electron chi connectivity index (χ2n) is 12.7. The van der Waals surface area contributed by atoms with Crippen LogP contribution in [0.5, 0.6) is 0 Å². The van der Waals surface area contributed by atoms with Crippen molar-refractivity contribution in [3.63, 3.8) is 0 Å². The fraction of sp³-hybridized carbons (Fsp3) is 0.382. The molecule has 10 heteroatoms. The number of amides is 3. The van der Waals surface area contributed by atoms with Crippen LogP contribution in [0.4, 0.5) is 10.5 Å². The Morgan fingerprint density at radius 2 is 1.82 bits per heavy atom. The molecule has 1 aliphatic carbocycles. The number of carbonyl (C=O) groups excluding carboxylic acids is 2. The molecule has 226 valence electrons. The Morgan fingerprint density at radius 1 is 1.05 bits per heavy atom. The predicted molar refractivity (Wildman–Crippen MR) is 166 cm³/mol. The largest absolute Gasteiger partial charge is 0.361 e. The Morgan fingerprint density at radius 3 is 2.64 bits per heavy atom. The van der Waals surface area contributed by atoms with Crippen LogP contribution in [0.3, 0.4) is 0 Å². The van der Waals surface area contributed by atoms with Crippen molar-refractivity contribution in [2.45, 2.75) is 69.2 Å². The Balaban J connectivity index is 1.02. The van der Waals surface area contributed by atoms with Crippen molar-refractivity contribution >= 4 is 28.5 Å². The van der Waals surface area contributed by atoms with Gasteiger partial charge >= 0.3 is 6.03 Å². The van der Waals surface area contributed by atoms with Crippen LogP contribution >= 0.6 is 0 Å².